The van der Waals surface area contributed by atoms with Gasteiger partial charge in [-0.3, -0.25) is 9.59 Å². The lowest BCUT2D eigenvalue weighted by Gasteiger charge is -1.95. The average Bonchev–Trinajstić information content (AvgIpc) is 2.57. The van der Waals surface area contributed by atoms with E-state index >= 15 is 0 Å². The van der Waals surface area contributed by atoms with E-state index in [9.17, 15) is 9.59 Å². The highest BCUT2D eigenvalue weighted by molar-refractivity contribution is 5.79. The molecule has 0 unspecified atom stereocenters. The molecule has 2 rings (SSSR count). The fourth-order valence-corrected chi connectivity index (χ4v) is 1.31. The smallest absolute Gasteiger partial charge is 0.222 e. The van der Waals surface area contributed by atoms with Gasteiger partial charge in [-0.15, -0.1) is 0 Å². The molecule has 72 valence electrons. The van der Waals surface area contributed by atoms with E-state index in [1.165, 1.54) is 12.5 Å². The maximum absolute atomic E-state index is 11.6. The van der Waals surface area contributed by atoms with Crippen LogP contribution in [0.1, 0.15) is 5.56 Å². The largest absolute Gasteiger partial charge is 0.448 e. The molecule has 0 aliphatic heterocycles. The zero-order valence-corrected chi connectivity index (χ0v) is 7.24. The van der Waals surface area contributed by atoms with Gasteiger partial charge in [-0.25, -0.2) is 0 Å². The highest BCUT2D eigenvalue weighted by Gasteiger charge is 2.08. The fourth-order valence-electron chi connectivity index (χ4n) is 1.31. The zero-order valence-electron chi connectivity index (χ0n) is 7.24. The van der Waals surface area contributed by atoms with Crippen LogP contribution in [0.5, 0.6) is 0 Å². The van der Waals surface area contributed by atoms with Gasteiger partial charge in [-0.05, 0) is 6.07 Å². The summed E-state index contributed by atoms with van der Waals surface area (Å²) in [6.45, 7) is 0. The molecule has 2 aromatic rings. The number of carbonyl (C=O) groups is 1. The minimum Gasteiger partial charge on any atom is -0.448 e. The molecular formula is C9H8N2O3. The topological polar surface area (TPSA) is 89.1 Å². The zero-order chi connectivity index (χ0) is 10.1. The van der Waals surface area contributed by atoms with Crippen molar-refractivity contribution in [2.24, 2.45) is 5.73 Å². The SMILES string of the molecule is NC(=O)Cc1c[nH]c2occc2c1=O. The standard InChI is InChI=1S/C9H8N2O3/c10-7(12)3-5-4-11-9-6(8(5)13)1-2-14-9/h1-2,4H,3H2,(H2,10,12)(H,11,13). The minimum atomic E-state index is -0.529. The molecular weight excluding hydrogens is 184 g/mol. The monoisotopic (exact) mass is 192 g/mol. The first-order chi connectivity index (χ1) is 6.68. The van der Waals surface area contributed by atoms with Crippen LogP contribution in [-0.2, 0) is 11.2 Å². The summed E-state index contributed by atoms with van der Waals surface area (Å²) in [4.78, 5) is 25.0. The van der Waals surface area contributed by atoms with Crippen molar-refractivity contribution in [3.63, 3.8) is 0 Å². The number of pyridine rings is 1. The van der Waals surface area contributed by atoms with Crippen molar-refractivity contribution in [1.82, 2.24) is 4.98 Å². The summed E-state index contributed by atoms with van der Waals surface area (Å²) in [5.41, 5.74) is 5.54. The highest BCUT2D eigenvalue weighted by Crippen LogP contribution is 2.08. The third-order valence-electron chi connectivity index (χ3n) is 1.94. The first kappa shape index (κ1) is 8.55. The summed E-state index contributed by atoms with van der Waals surface area (Å²) >= 11 is 0. The van der Waals surface area contributed by atoms with Crippen LogP contribution in [-0.4, -0.2) is 10.9 Å². The highest BCUT2D eigenvalue weighted by atomic mass is 16.3. The molecule has 0 spiro atoms. The molecule has 0 aromatic carbocycles. The maximum Gasteiger partial charge on any atom is 0.222 e. The summed E-state index contributed by atoms with van der Waals surface area (Å²) in [5.74, 6) is -0.529. The van der Waals surface area contributed by atoms with Crippen LogP contribution in [0.4, 0.5) is 0 Å². The Kier molecular flexibility index (Phi) is 1.85. The van der Waals surface area contributed by atoms with Crippen LogP contribution in [0.15, 0.2) is 27.7 Å². The van der Waals surface area contributed by atoms with E-state index in [1.54, 1.807) is 6.07 Å². The van der Waals surface area contributed by atoms with E-state index in [-0.39, 0.29) is 11.8 Å². The number of aromatic amines is 1. The van der Waals surface area contributed by atoms with Gasteiger partial charge in [0, 0.05) is 11.8 Å². The number of amides is 1. The van der Waals surface area contributed by atoms with E-state index in [0.29, 0.717) is 16.7 Å². The molecule has 2 heterocycles. The number of carbonyl (C=O) groups excluding carboxylic acids is 1. The second kappa shape index (κ2) is 3.02. The molecule has 0 saturated carbocycles. The number of nitrogens with one attached hydrogen (secondary N) is 1. The van der Waals surface area contributed by atoms with Gasteiger partial charge in [0.25, 0.3) is 0 Å². The van der Waals surface area contributed by atoms with Crippen LogP contribution < -0.4 is 11.2 Å². The first-order valence-electron chi connectivity index (χ1n) is 4.04. The number of nitrogens with two attached hydrogens (primary N) is 1. The predicted molar refractivity (Wildman–Crippen MR) is 49.7 cm³/mol. The van der Waals surface area contributed by atoms with Gasteiger partial charge in [-0.2, -0.15) is 0 Å². The Hall–Kier alpha value is -2.04. The molecule has 0 bridgehead atoms. The molecule has 0 aliphatic rings. The number of fused-ring (bicyclic) bond motifs is 1. The second-order valence-electron chi connectivity index (χ2n) is 2.95. The Labute approximate surface area is 78.5 Å². The number of rotatable bonds is 2. The first-order valence-corrected chi connectivity index (χ1v) is 4.04. The van der Waals surface area contributed by atoms with E-state index in [4.69, 9.17) is 10.2 Å². The van der Waals surface area contributed by atoms with Crippen LogP contribution in [0.3, 0.4) is 0 Å². The van der Waals surface area contributed by atoms with E-state index in [1.807, 2.05) is 0 Å². The number of primary amides is 1. The normalized spacial score (nSPS) is 10.6. The lowest BCUT2D eigenvalue weighted by atomic mass is 10.1. The number of hydrogen-bond donors (Lipinski definition) is 2. The molecule has 5 heteroatoms. The Bertz CT molecular complexity index is 538. The molecule has 0 atom stereocenters. The quantitative estimate of drug-likeness (QED) is 0.709. The van der Waals surface area contributed by atoms with Crippen LogP contribution in [0, 0.1) is 0 Å². The van der Waals surface area contributed by atoms with Crippen molar-refractivity contribution in [1.29, 1.82) is 0 Å². The molecule has 0 aliphatic carbocycles. The Morgan fingerprint density at radius 2 is 2.36 bits per heavy atom. The predicted octanol–water partition coefficient (Wildman–Crippen LogP) is 0.149. The van der Waals surface area contributed by atoms with Gasteiger partial charge in [-0.1, -0.05) is 0 Å². The Balaban J connectivity index is 2.62. The lowest BCUT2D eigenvalue weighted by molar-refractivity contribution is -0.117. The molecule has 0 saturated heterocycles. The molecule has 14 heavy (non-hydrogen) atoms. The molecule has 1 amide bonds. The number of hydrogen-bond acceptors (Lipinski definition) is 3. The van der Waals surface area contributed by atoms with Crippen molar-refractivity contribution in [3.8, 4) is 0 Å². The summed E-state index contributed by atoms with van der Waals surface area (Å²) in [5, 5.41) is 0.434. The third kappa shape index (κ3) is 1.28. The van der Waals surface area contributed by atoms with E-state index in [0.717, 1.165) is 0 Å². The summed E-state index contributed by atoms with van der Waals surface area (Å²) in [7, 11) is 0. The van der Waals surface area contributed by atoms with Crippen molar-refractivity contribution < 1.29 is 9.21 Å². The van der Waals surface area contributed by atoms with Gasteiger partial charge in [0.2, 0.25) is 11.6 Å². The Morgan fingerprint density at radius 1 is 1.57 bits per heavy atom. The van der Waals surface area contributed by atoms with E-state index in [2.05, 4.69) is 4.98 Å². The third-order valence-corrected chi connectivity index (χ3v) is 1.94. The summed E-state index contributed by atoms with van der Waals surface area (Å²) in [6, 6.07) is 1.55. The molecule has 2 aromatic heterocycles. The summed E-state index contributed by atoms with van der Waals surface area (Å²) < 4.78 is 4.99. The van der Waals surface area contributed by atoms with Crippen LogP contribution in [0.25, 0.3) is 11.1 Å². The number of furan rings is 1. The van der Waals surface area contributed by atoms with Crippen molar-refractivity contribution >= 4 is 17.0 Å². The van der Waals surface area contributed by atoms with Gasteiger partial charge in [0.15, 0.2) is 5.43 Å². The van der Waals surface area contributed by atoms with Crippen LogP contribution in [0.2, 0.25) is 0 Å². The fraction of sp³-hybridized carbons (Fsp3) is 0.111. The van der Waals surface area contributed by atoms with Gasteiger partial charge in [0.1, 0.15) is 0 Å². The summed E-state index contributed by atoms with van der Waals surface area (Å²) in [6.07, 6.45) is 2.80. The van der Waals surface area contributed by atoms with Crippen molar-refractivity contribution in [2.75, 3.05) is 0 Å². The van der Waals surface area contributed by atoms with Gasteiger partial charge in [0.05, 0.1) is 18.1 Å². The molecule has 0 fully saturated rings. The van der Waals surface area contributed by atoms with Crippen molar-refractivity contribution in [2.45, 2.75) is 6.42 Å². The van der Waals surface area contributed by atoms with Gasteiger partial charge < -0.3 is 15.1 Å². The average molecular weight is 192 g/mol. The van der Waals surface area contributed by atoms with E-state index < -0.39 is 5.91 Å². The lowest BCUT2D eigenvalue weighted by Crippen LogP contribution is -2.19. The molecule has 3 N–H and O–H groups in total. The Morgan fingerprint density at radius 3 is 3.07 bits per heavy atom. The molecule has 5 nitrogen and oxygen atoms in total. The van der Waals surface area contributed by atoms with Gasteiger partial charge >= 0.3 is 0 Å². The van der Waals surface area contributed by atoms with Crippen LogP contribution >= 0.6 is 0 Å². The second-order valence-corrected chi connectivity index (χ2v) is 2.95. The minimum absolute atomic E-state index is 0.0591. The molecule has 0 radical (unpaired) electrons. The van der Waals surface area contributed by atoms with Crippen molar-refractivity contribution in [3.05, 3.63) is 34.3 Å². The number of H-pyrrole nitrogens is 1. The number of aromatic nitrogens is 1. The maximum atomic E-state index is 11.6.